The summed E-state index contributed by atoms with van der Waals surface area (Å²) < 4.78 is 5.28. The fourth-order valence-corrected chi connectivity index (χ4v) is 2.59. The van der Waals surface area contributed by atoms with E-state index in [1.54, 1.807) is 0 Å². The molecule has 4 nitrogen and oxygen atoms in total. The Morgan fingerprint density at radius 1 is 1.20 bits per heavy atom. The summed E-state index contributed by atoms with van der Waals surface area (Å²) in [6.07, 6.45) is -0.444. The van der Waals surface area contributed by atoms with Crippen molar-refractivity contribution in [2.75, 3.05) is 0 Å². The molecule has 25 heavy (non-hydrogen) atoms. The smallest absolute Gasteiger partial charge is 0.407 e. The molecule has 0 aliphatic heterocycles. The molecule has 0 aliphatic carbocycles. The number of nitrogens with one attached hydrogen (secondary N) is 1. The Morgan fingerprint density at radius 2 is 1.84 bits per heavy atom. The normalized spacial score (nSPS) is 12.6. The standard InChI is InChI=1S/C20H25ClN2O2/c1-13(22)14-5-7-15(8-6-14)18-11-17(21)10-9-16(18)12-23-19(24)25-20(2,3)4/h5-11,13H,12,22H2,1-4H3,(H,23,24)/t13-/m1/s1. The van der Waals surface area contributed by atoms with Gasteiger partial charge in [-0.2, -0.15) is 0 Å². The Bertz CT molecular complexity index is 734. The summed E-state index contributed by atoms with van der Waals surface area (Å²) in [5.74, 6) is 0. The van der Waals surface area contributed by atoms with Crippen molar-refractivity contribution in [2.24, 2.45) is 5.73 Å². The molecule has 0 bridgehead atoms. The number of hydrogen-bond acceptors (Lipinski definition) is 3. The average Bonchev–Trinajstić information content (AvgIpc) is 2.52. The number of carbonyl (C=O) groups excluding carboxylic acids is 1. The second-order valence-corrected chi connectivity index (χ2v) is 7.50. The number of alkyl carbamates (subject to hydrolysis) is 1. The van der Waals surface area contributed by atoms with Gasteiger partial charge in [0.05, 0.1) is 0 Å². The first-order valence-electron chi connectivity index (χ1n) is 8.27. The van der Waals surface area contributed by atoms with Gasteiger partial charge in [0, 0.05) is 17.6 Å². The Labute approximate surface area is 154 Å². The van der Waals surface area contributed by atoms with Gasteiger partial charge in [-0.15, -0.1) is 0 Å². The number of nitrogens with two attached hydrogens (primary N) is 1. The molecule has 1 amide bonds. The highest BCUT2D eigenvalue weighted by Gasteiger charge is 2.16. The molecule has 0 saturated heterocycles. The van der Waals surface area contributed by atoms with Gasteiger partial charge in [0.1, 0.15) is 5.60 Å². The Balaban J connectivity index is 2.21. The fourth-order valence-electron chi connectivity index (χ4n) is 2.42. The highest BCUT2D eigenvalue weighted by molar-refractivity contribution is 6.30. The molecule has 2 rings (SSSR count). The highest BCUT2D eigenvalue weighted by Crippen LogP contribution is 2.28. The second kappa shape index (κ2) is 7.89. The Kier molecular flexibility index (Phi) is 6.09. The van der Waals surface area contributed by atoms with Crippen LogP contribution in [-0.4, -0.2) is 11.7 Å². The number of amides is 1. The first-order chi connectivity index (χ1) is 11.7. The van der Waals surface area contributed by atoms with Crippen molar-refractivity contribution < 1.29 is 9.53 Å². The molecule has 0 aromatic heterocycles. The lowest BCUT2D eigenvalue weighted by Crippen LogP contribution is -2.32. The van der Waals surface area contributed by atoms with Crippen molar-refractivity contribution in [3.63, 3.8) is 0 Å². The van der Waals surface area contributed by atoms with Crippen LogP contribution in [0.25, 0.3) is 11.1 Å². The first kappa shape index (κ1) is 19.3. The van der Waals surface area contributed by atoms with E-state index in [0.717, 1.165) is 22.3 Å². The van der Waals surface area contributed by atoms with Crippen molar-refractivity contribution in [3.05, 3.63) is 58.6 Å². The third kappa shape index (κ3) is 5.76. The maximum atomic E-state index is 11.9. The second-order valence-electron chi connectivity index (χ2n) is 7.07. The largest absolute Gasteiger partial charge is 0.444 e. The van der Waals surface area contributed by atoms with Crippen LogP contribution >= 0.6 is 11.6 Å². The van der Waals surface area contributed by atoms with Crippen molar-refractivity contribution >= 4 is 17.7 Å². The van der Waals surface area contributed by atoms with E-state index in [2.05, 4.69) is 5.32 Å². The molecule has 1 atom stereocenters. The van der Waals surface area contributed by atoms with Gasteiger partial charge in [-0.05, 0) is 62.1 Å². The quantitative estimate of drug-likeness (QED) is 0.801. The predicted octanol–water partition coefficient (Wildman–Crippen LogP) is 5.05. The minimum Gasteiger partial charge on any atom is -0.444 e. The summed E-state index contributed by atoms with van der Waals surface area (Å²) in [5, 5.41) is 3.44. The minimum atomic E-state index is -0.526. The van der Waals surface area contributed by atoms with E-state index in [9.17, 15) is 4.79 Å². The van der Waals surface area contributed by atoms with Gasteiger partial charge in [0.15, 0.2) is 0 Å². The number of halogens is 1. The van der Waals surface area contributed by atoms with E-state index in [-0.39, 0.29) is 6.04 Å². The third-order valence-electron chi connectivity index (χ3n) is 3.64. The van der Waals surface area contributed by atoms with Crippen LogP contribution in [0.15, 0.2) is 42.5 Å². The molecule has 5 heteroatoms. The van der Waals surface area contributed by atoms with Crippen LogP contribution in [-0.2, 0) is 11.3 Å². The lowest BCUT2D eigenvalue weighted by atomic mass is 9.97. The molecule has 134 valence electrons. The molecule has 0 aliphatic rings. The first-order valence-corrected chi connectivity index (χ1v) is 8.65. The predicted molar refractivity (Wildman–Crippen MR) is 103 cm³/mol. The molecule has 0 saturated carbocycles. The van der Waals surface area contributed by atoms with E-state index in [0.29, 0.717) is 11.6 Å². The van der Waals surface area contributed by atoms with E-state index in [1.807, 2.05) is 70.2 Å². The van der Waals surface area contributed by atoms with Gasteiger partial charge < -0.3 is 15.8 Å². The fraction of sp³-hybridized carbons (Fsp3) is 0.350. The van der Waals surface area contributed by atoms with Crippen molar-refractivity contribution in [1.29, 1.82) is 0 Å². The summed E-state index contributed by atoms with van der Waals surface area (Å²) in [5.41, 5.74) is 9.40. The van der Waals surface area contributed by atoms with Gasteiger partial charge in [-0.3, -0.25) is 0 Å². The zero-order valence-corrected chi connectivity index (χ0v) is 15.9. The van der Waals surface area contributed by atoms with Crippen LogP contribution in [0.3, 0.4) is 0 Å². The molecule has 0 unspecified atom stereocenters. The Hall–Kier alpha value is -2.04. The monoisotopic (exact) mass is 360 g/mol. The molecule has 0 radical (unpaired) electrons. The average molecular weight is 361 g/mol. The number of carbonyl (C=O) groups is 1. The van der Waals surface area contributed by atoms with E-state index < -0.39 is 11.7 Å². The Morgan fingerprint density at radius 3 is 2.40 bits per heavy atom. The zero-order chi connectivity index (χ0) is 18.6. The van der Waals surface area contributed by atoms with Gasteiger partial charge in [0.25, 0.3) is 0 Å². The van der Waals surface area contributed by atoms with Crippen LogP contribution in [0.4, 0.5) is 4.79 Å². The summed E-state index contributed by atoms with van der Waals surface area (Å²) in [6, 6.07) is 13.7. The van der Waals surface area contributed by atoms with Crippen LogP contribution in [0, 0.1) is 0 Å². The topological polar surface area (TPSA) is 64.3 Å². The minimum absolute atomic E-state index is 0.0123. The van der Waals surface area contributed by atoms with E-state index in [4.69, 9.17) is 22.1 Å². The lowest BCUT2D eigenvalue weighted by Gasteiger charge is -2.20. The maximum absolute atomic E-state index is 11.9. The van der Waals surface area contributed by atoms with Crippen LogP contribution in [0.1, 0.15) is 44.9 Å². The maximum Gasteiger partial charge on any atom is 0.407 e. The van der Waals surface area contributed by atoms with Crippen LogP contribution < -0.4 is 11.1 Å². The van der Waals surface area contributed by atoms with Crippen LogP contribution in [0.2, 0.25) is 5.02 Å². The van der Waals surface area contributed by atoms with Crippen molar-refractivity contribution in [3.8, 4) is 11.1 Å². The highest BCUT2D eigenvalue weighted by atomic mass is 35.5. The van der Waals surface area contributed by atoms with Crippen molar-refractivity contribution in [2.45, 2.75) is 45.9 Å². The number of rotatable bonds is 4. The van der Waals surface area contributed by atoms with Gasteiger partial charge in [-0.25, -0.2) is 4.79 Å². The van der Waals surface area contributed by atoms with Gasteiger partial charge >= 0.3 is 6.09 Å². The molecule has 2 aromatic rings. The number of ether oxygens (including phenoxy) is 1. The number of benzene rings is 2. The molecule has 0 spiro atoms. The summed E-state index contributed by atoms with van der Waals surface area (Å²) in [4.78, 5) is 11.9. The van der Waals surface area contributed by atoms with E-state index in [1.165, 1.54) is 0 Å². The lowest BCUT2D eigenvalue weighted by molar-refractivity contribution is 0.0523. The molecule has 3 N–H and O–H groups in total. The third-order valence-corrected chi connectivity index (χ3v) is 3.88. The van der Waals surface area contributed by atoms with E-state index >= 15 is 0 Å². The zero-order valence-electron chi connectivity index (χ0n) is 15.1. The van der Waals surface area contributed by atoms with Gasteiger partial charge in [0.2, 0.25) is 0 Å². The number of hydrogen-bond donors (Lipinski definition) is 2. The summed E-state index contributed by atoms with van der Waals surface area (Å²) in [6.45, 7) is 7.81. The van der Waals surface area contributed by atoms with Gasteiger partial charge in [-0.1, -0.05) is 41.9 Å². The summed E-state index contributed by atoms with van der Waals surface area (Å²) in [7, 11) is 0. The SMILES string of the molecule is C[C@@H](N)c1ccc(-c2cc(Cl)ccc2CNC(=O)OC(C)(C)C)cc1. The molecule has 2 aromatic carbocycles. The molecular formula is C20H25ClN2O2. The van der Waals surface area contributed by atoms with Crippen molar-refractivity contribution in [1.82, 2.24) is 5.32 Å². The molecule has 0 fully saturated rings. The molecule has 0 heterocycles. The van der Waals surface area contributed by atoms with Crippen LogP contribution in [0.5, 0.6) is 0 Å². The molecular weight excluding hydrogens is 336 g/mol. The summed E-state index contributed by atoms with van der Waals surface area (Å²) >= 11 is 6.17.